The zero-order chi connectivity index (χ0) is 18.5. The lowest BCUT2D eigenvalue weighted by atomic mass is 9.73. The molecule has 0 aromatic carbocycles. The average Bonchev–Trinajstić information content (AvgIpc) is 3.02. The standard InChI is InChI=1S/C19H20N4O3/c1-19(2)7-13-15(14(24)8-19)16(11-5-4-6-20-9-11)23-17(22-13)12(10-21-23)18(25)26-3/h4-6,9-10,16,22H,7-8H2,1-3H3/t16-/m0/s1. The second-order valence-electron chi connectivity index (χ2n) is 7.49. The summed E-state index contributed by atoms with van der Waals surface area (Å²) in [6.45, 7) is 4.14. The van der Waals surface area contributed by atoms with Crippen molar-refractivity contribution in [2.75, 3.05) is 12.4 Å². The first-order chi connectivity index (χ1) is 12.4. The maximum Gasteiger partial charge on any atom is 0.343 e. The molecule has 26 heavy (non-hydrogen) atoms. The van der Waals surface area contributed by atoms with Crippen LogP contribution < -0.4 is 5.32 Å². The lowest BCUT2D eigenvalue weighted by Gasteiger charge is -2.38. The Hall–Kier alpha value is -2.96. The van der Waals surface area contributed by atoms with Crippen molar-refractivity contribution in [2.24, 2.45) is 5.41 Å². The number of rotatable bonds is 2. The number of nitrogens with zero attached hydrogens (tertiary/aromatic N) is 3. The van der Waals surface area contributed by atoms with Gasteiger partial charge in [-0.25, -0.2) is 9.48 Å². The molecule has 2 aromatic heterocycles. The van der Waals surface area contributed by atoms with Crippen LogP contribution in [0.5, 0.6) is 0 Å². The van der Waals surface area contributed by atoms with Gasteiger partial charge in [-0.3, -0.25) is 9.78 Å². The fourth-order valence-corrected chi connectivity index (χ4v) is 3.82. The number of aromatic nitrogens is 3. The second-order valence-corrected chi connectivity index (χ2v) is 7.49. The second kappa shape index (κ2) is 5.79. The summed E-state index contributed by atoms with van der Waals surface area (Å²) in [4.78, 5) is 29.3. The number of anilines is 1. The van der Waals surface area contributed by atoms with Crippen LogP contribution in [0, 0.1) is 5.41 Å². The number of carbonyl (C=O) groups excluding carboxylic acids is 2. The molecule has 1 aliphatic heterocycles. The molecule has 0 unspecified atom stereocenters. The van der Waals surface area contributed by atoms with E-state index in [4.69, 9.17) is 4.74 Å². The Kier molecular flexibility index (Phi) is 3.68. The first-order valence-corrected chi connectivity index (χ1v) is 8.50. The predicted molar refractivity (Wildman–Crippen MR) is 94.6 cm³/mol. The highest BCUT2D eigenvalue weighted by atomic mass is 16.5. The third-order valence-corrected chi connectivity index (χ3v) is 4.91. The Labute approximate surface area is 151 Å². The molecule has 1 N–H and O–H groups in total. The Balaban J connectivity index is 1.92. The van der Waals surface area contributed by atoms with Crippen molar-refractivity contribution < 1.29 is 14.3 Å². The van der Waals surface area contributed by atoms with E-state index < -0.39 is 12.0 Å². The van der Waals surface area contributed by atoms with Gasteiger partial charge >= 0.3 is 5.97 Å². The molecule has 2 aliphatic rings. The van der Waals surface area contributed by atoms with E-state index in [0.29, 0.717) is 23.4 Å². The van der Waals surface area contributed by atoms with Gasteiger partial charge in [0.2, 0.25) is 0 Å². The maximum absolute atomic E-state index is 13.0. The maximum atomic E-state index is 13.0. The first-order valence-electron chi connectivity index (χ1n) is 8.50. The van der Waals surface area contributed by atoms with Gasteiger partial charge in [0.15, 0.2) is 5.78 Å². The van der Waals surface area contributed by atoms with E-state index in [2.05, 4.69) is 29.2 Å². The Morgan fingerprint density at radius 3 is 2.85 bits per heavy atom. The van der Waals surface area contributed by atoms with Gasteiger partial charge in [-0.15, -0.1) is 0 Å². The number of nitrogens with one attached hydrogen (secondary N) is 1. The number of Topliss-reactive ketones (excluding diaryl/α,β-unsaturated/α-hetero) is 1. The van der Waals surface area contributed by atoms with Crippen LogP contribution in [0.25, 0.3) is 0 Å². The molecule has 134 valence electrons. The largest absolute Gasteiger partial charge is 0.465 e. The fraction of sp³-hybridized carbons (Fsp3) is 0.368. The summed E-state index contributed by atoms with van der Waals surface area (Å²) in [7, 11) is 1.34. The van der Waals surface area contributed by atoms with E-state index >= 15 is 0 Å². The van der Waals surface area contributed by atoms with E-state index in [9.17, 15) is 9.59 Å². The van der Waals surface area contributed by atoms with Crippen LogP contribution in [-0.2, 0) is 9.53 Å². The molecule has 0 saturated heterocycles. The van der Waals surface area contributed by atoms with Gasteiger partial charge in [-0.2, -0.15) is 5.10 Å². The molecule has 0 saturated carbocycles. The van der Waals surface area contributed by atoms with Gasteiger partial charge in [0, 0.05) is 30.1 Å². The smallest absolute Gasteiger partial charge is 0.343 e. The van der Waals surface area contributed by atoms with E-state index in [1.54, 1.807) is 17.1 Å². The quantitative estimate of drug-likeness (QED) is 0.837. The lowest BCUT2D eigenvalue weighted by Crippen LogP contribution is -2.36. The van der Waals surface area contributed by atoms with Crippen molar-refractivity contribution in [3.05, 3.63) is 53.1 Å². The Morgan fingerprint density at radius 1 is 1.35 bits per heavy atom. The molecule has 7 heteroatoms. The number of ether oxygens (including phenoxy) is 1. The lowest BCUT2D eigenvalue weighted by molar-refractivity contribution is -0.118. The molecular weight excluding hydrogens is 332 g/mol. The number of pyridine rings is 1. The number of esters is 1. The minimum atomic E-state index is -0.464. The monoisotopic (exact) mass is 352 g/mol. The number of allylic oxidation sites excluding steroid dienone is 2. The Morgan fingerprint density at radius 2 is 2.15 bits per heavy atom. The average molecular weight is 352 g/mol. The minimum Gasteiger partial charge on any atom is -0.465 e. The molecule has 0 amide bonds. The number of carbonyl (C=O) groups is 2. The normalized spacial score (nSPS) is 20.9. The highest BCUT2D eigenvalue weighted by Gasteiger charge is 2.42. The summed E-state index contributed by atoms with van der Waals surface area (Å²) in [5, 5.41) is 7.67. The van der Waals surface area contributed by atoms with Crippen molar-refractivity contribution in [1.29, 1.82) is 0 Å². The number of fused-ring (bicyclic) bond motifs is 1. The molecule has 0 radical (unpaired) electrons. The van der Waals surface area contributed by atoms with Gasteiger partial charge < -0.3 is 10.1 Å². The van der Waals surface area contributed by atoms with Crippen molar-refractivity contribution in [1.82, 2.24) is 14.8 Å². The van der Waals surface area contributed by atoms with E-state index in [0.717, 1.165) is 17.7 Å². The Bertz CT molecular complexity index is 928. The number of hydrogen-bond acceptors (Lipinski definition) is 6. The highest BCUT2D eigenvalue weighted by Crippen LogP contribution is 2.46. The molecule has 1 atom stereocenters. The summed E-state index contributed by atoms with van der Waals surface area (Å²) >= 11 is 0. The van der Waals surface area contributed by atoms with Crippen molar-refractivity contribution in [3.8, 4) is 0 Å². The van der Waals surface area contributed by atoms with Gasteiger partial charge in [0.1, 0.15) is 17.4 Å². The predicted octanol–water partition coefficient (Wildman–Crippen LogP) is 2.72. The summed E-state index contributed by atoms with van der Waals surface area (Å²) in [6.07, 6.45) is 6.10. The molecule has 4 rings (SSSR count). The third-order valence-electron chi connectivity index (χ3n) is 4.91. The van der Waals surface area contributed by atoms with E-state index in [1.165, 1.54) is 13.3 Å². The molecule has 0 fully saturated rings. The van der Waals surface area contributed by atoms with Crippen LogP contribution in [0.2, 0.25) is 0 Å². The topological polar surface area (TPSA) is 86.1 Å². The molecule has 2 aromatic rings. The van der Waals surface area contributed by atoms with Crippen LogP contribution in [-0.4, -0.2) is 33.6 Å². The SMILES string of the molecule is COC(=O)c1cnn2c1NC1=C(C(=O)CC(C)(C)C1)[C@@H]2c1cccnc1. The number of methoxy groups -OCH3 is 1. The van der Waals surface area contributed by atoms with Crippen molar-refractivity contribution in [2.45, 2.75) is 32.7 Å². The molecule has 1 aliphatic carbocycles. The summed E-state index contributed by atoms with van der Waals surface area (Å²) in [5.41, 5.74) is 2.61. The summed E-state index contributed by atoms with van der Waals surface area (Å²) < 4.78 is 6.55. The zero-order valence-electron chi connectivity index (χ0n) is 14.9. The third kappa shape index (κ3) is 2.51. The first kappa shape index (κ1) is 16.5. The van der Waals surface area contributed by atoms with Gasteiger partial charge in [-0.1, -0.05) is 19.9 Å². The van der Waals surface area contributed by atoms with Gasteiger partial charge in [0.25, 0.3) is 0 Å². The van der Waals surface area contributed by atoms with Crippen molar-refractivity contribution >= 4 is 17.6 Å². The van der Waals surface area contributed by atoms with Gasteiger partial charge in [-0.05, 0) is 23.5 Å². The molecule has 7 nitrogen and oxygen atoms in total. The van der Waals surface area contributed by atoms with Crippen LogP contribution >= 0.6 is 0 Å². The van der Waals surface area contributed by atoms with Crippen LogP contribution in [0.3, 0.4) is 0 Å². The highest BCUT2D eigenvalue weighted by molar-refractivity contribution is 6.01. The van der Waals surface area contributed by atoms with E-state index in [-0.39, 0.29) is 11.2 Å². The summed E-state index contributed by atoms with van der Waals surface area (Å²) in [6, 6.07) is 3.35. The van der Waals surface area contributed by atoms with Crippen molar-refractivity contribution in [3.63, 3.8) is 0 Å². The van der Waals surface area contributed by atoms with Gasteiger partial charge in [0.05, 0.1) is 13.3 Å². The van der Waals surface area contributed by atoms with E-state index in [1.807, 2.05) is 12.1 Å². The zero-order valence-corrected chi connectivity index (χ0v) is 14.9. The molecular formula is C19H20N4O3. The summed E-state index contributed by atoms with van der Waals surface area (Å²) in [5.74, 6) is 0.183. The molecule has 3 heterocycles. The number of ketones is 1. The number of hydrogen-bond donors (Lipinski definition) is 1. The fourth-order valence-electron chi connectivity index (χ4n) is 3.82. The van der Waals surface area contributed by atoms with Crippen LogP contribution in [0.4, 0.5) is 5.82 Å². The minimum absolute atomic E-state index is 0.0957. The van der Waals surface area contributed by atoms with Crippen LogP contribution in [0.1, 0.15) is 48.7 Å². The van der Waals surface area contributed by atoms with Crippen LogP contribution in [0.15, 0.2) is 42.0 Å². The molecule has 0 bridgehead atoms. The molecule has 0 spiro atoms.